The summed E-state index contributed by atoms with van der Waals surface area (Å²) in [5.41, 5.74) is 3.57. The molecule has 0 atom stereocenters. The van der Waals surface area contributed by atoms with E-state index in [4.69, 9.17) is 11.6 Å². The van der Waals surface area contributed by atoms with Gasteiger partial charge in [-0.3, -0.25) is 0 Å². The maximum Gasteiger partial charge on any atom is 0.107 e. The molecule has 0 unspecified atom stereocenters. The summed E-state index contributed by atoms with van der Waals surface area (Å²) in [6.45, 7) is 0.778. The van der Waals surface area contributed by atoms with Crippen LogP contribution in [0, 0.1) is 0 Å². The van der Waals surface area contributed by atoms with Crippen molar-refractivity contribution in [2.75, 3.05) is 5.32 Å². The Morgan fingerprint density at radius 2 is 1.62 bits per heavy atom. The quantitative estimate of drug-likeness (QED) is 0.550. The van der Waals surface area contributed by atoms with Crippen LogP contribution in [0.25, 0.3) is 11.1 Å². The molecule has 0 aliphatic carbocycles. The first-order valence-corrected chi connectivity index (χ1v) is 8.54. The lowest BCUT2D eigenvalue weighted by atomic mass is 10.1. The van der Waals surface area contributed by atoms with Crippen molar-refractivity contribution >= 4 is 44.6 Å². The molecule has 1 heterocycles. The molecule has 0 bridgehead atoms. The predicted octanol–water partition coefficient (Wildman–Crippen LogP) is 6.44. The standard InChI is InChI=1S/C17H13BrClNS/c18-16-10-15(21-17(16)19)11-20-14-8-6-13(7-9-14)12-4-2-1-3-5-12/h1-10,20H,11H2. The fourth-order valence-corrected chi connectivity index (χ4v) is 3.81. The first-order chi connectivity index (χ1) is 10.2. The van der Waals surface area contributed by atoms with Gasteiger partial charge in [-0.1, -0.05) is 54.1 Å². The summed E-state index contributed by atoms with van der Waals surface area (Å²) < 4.78 is 1.76. The summed E-state index contributed by atoms with van der Waals surface area (Å²) in [5.74, 6) is 0. The van der Waals surface area contributed by atoms with Gasteiger partial charge in [0.05, 0.1) is 0 Å². The van der Waals surface area contributed by atoms with Crippen molar-refractivity contribution < 1.29 is 0 Å². The third kappa shape index (κ3) is 3.67. The van der Waals surface area contributed by atoms with Crippen molar-refractivity contribution in [1.29, 1.82) is 0 Å². The van der Waals surface area contributed by atoms with E-state index in [1.165, 1.54) is 16.0 Å². The van der Waals surface area contributed by atoms with Gasteiger partial charge < -0.3 is 5.32 Å². The van der Waals surface area contributed by atoms with Crippen molar-refractivity contribution in [1.82, 2.24) is 0 Å². The van der Waals surface area contributed by atoms with E-state index in [1.807, 2.05) is 6.07 Å². The van der Waals surface area contributed by atoms with Crippen LogP contribution in [0.3, 0.4) is 0 Å². The molecule has 0 saturated carbocycles. The largest absolute Gasteiger partial charge is 0.380 e. The first-order valence-electron chi connectivity index (χ1n) is 6.55. The van der Waals surface area contributed by atoms with Crippen LogP contribution in [0.15, 0.2) is 65.1 Å². The number of nitrogens with one attached hydrogen (secondary N) is 1. The average molecular weight is 379 g/mol. The number of hydrogen-bond donors (Lipinski definition) is 1. The molecular weight excluding hydrogens is 366 g/mol. The highest BCUT2D eigenvalue weighted by molar-refractivity contribution is 9.10. The summed E-state index contributed by atoms with van der Waals surface area (Å²) in [6, 6.07) is 20.9. The summed E-state index contributed by atoms with van der Waals surface area (Å²) in [6.07, 6.45) is 0. The monoisotopic (exact) mass is 377 g/mol. The lowest BCUT2D eigenvalue weighted by Crippen LogP contribution is -1.96. The molecule has 4 heteroatoms. The molecule has 0 spiro atoms. The third-order valence-electron chi connectivity index (χ3n) is 3.15. The second-order valence-electron chi connectivity index (χ2n) is 4.63. The van der Waals surface area contributed by atoms with Gasteiger partial charge in [0.15, 0.2) is 0 Å². The number of benzene rings is 2. The molecule has 21 heavy (non-hydrogen) atoms. The molecule has 0 saturated heterocycles. The van der Waals surface area contributed by atoms with Gasteiger partial charge in [0.25, 0.3) is 0 Å². The molecule has 3 aromatic rings. The normalized spacial score (nSPS) is 10.6. The molecule has 0 fully saturated rings. The Morgan fingerprint density at radius 1 is 0.952 bits per heavy atom. The zero-order valence-corrected chi connectivity index (χ0v) is 14.3. The summed E-state index contributed by atoms with van der Waals surface area (Å²) >= 11 is 11.1. The Hall–Kier alpha value is -1.29. The van der Waals surface area contributed by atoms with E-state index in [2.05, 4.69) is 75.8 Å². The Bertz CT molecular complexity index is 703. The number of halogens is 2. The van der Waals surface area contributed by atoms with Gasteiger partial charge in [-0.15, -0.1) is 11.3 Å². The van der Waals surface area contributed by atoms with Crippen molar-refractivity contribution in [3.63, 3.8) is 0 Å². The topological polar surface area (TPSA) is 12.0 Å². The molecular formula is C17H13BrClNS. The highest BCUT2D eigenvalue weighted by atomic mass is 79.9. The Labute approximate surface area is 141 Å². The van der Waals surface area contributed by atoms with Crippen LogP contribution < -0.4 is 5.32 Å². The van der Waals surface area contributed by atoms with E-state index in [9.17, 15) is 0 Å². The van der Waals surface area contributed by atoms with Gasteiger partial charge in [0.2, 0.25) is 0 Å². The minimum atomic E-state index is 0.778. The van der Waals surface area contributed by atoms with Gasteiger partial charge >= 0.3 is 0 Å². The molecule has 0 amide bonds. The van der Waals surface area contributed by atoms with Gasteiger partial charge in [0.1, 0.15) is 4.34 Å². The van der Waals surface area contributed by atoms with Crippen molar-refractivity contribution in [3.8, 4) is 11.1 Å². The minimum Gasteiger partial charge on any atom is -0.380 e. The zero-order valence-electron chi connectivity index (χ0n) is 11.1. The highest BCUT2D eigenvalue weighted by Gasteiger charge is 2.04. The van der Waals surface area contributed by atoms with Gasteiger partial charge in [0, 0.05) is 21.6 Å². The van der Waals surface area contributed by atoms with Crippen LogP contribution in [0.1, 0.15) is 4.88 Å². The van der Waals surface area contributed by atoms with Crippen LogP contribution >= 0.6 is 38.9 Å². The highest BCUT2D eigenvalue weighted by Crippen LogP contribution is 2.32. The van der Waals surface area contributed by atoms with Gasteiger partial charge in [-0.25, -0.2) is 0 Å². The summed E-state index contributed by atoms with van der Waals surface area (Å²) in [7, 11) is 0. The SMILES string of the molecule is Clc1sc(CNc2ccc(-c3ccccc3)cc2)cc1Br. The van der Waals surface area contributed by atoms with Crippen LogP contribution in [-0.2, 0) is 6.54 Å². The molecule has 1 aromatic heterocycles. The van der Waals surface area contributed by atoms with E-state index in [1.54, 1.807) is 11.3 Å². The van der Waals surface area contributed by atoms with Crippen LogP contribution in [0.4, 0.5) is 5.69 Å². The Morgan fingerprint density at radius 3 is 2.24 bits per heavy atom. The molecule has 1 nitrogen and oxygen atoms in total. The number of thiophene rings is 1. The molecule has 0 aliphatic heterocycles. The maximum absolute atomic E-state index is 6.04. The van der Waals surface area contributed by atoms with E-state index in [0.29, 0.717) is 0 Å². The zero-order chi connectivity index (χ0) is 14.7. The first kappa shape index (κ1) is 14.6. The lowest BCUT2D eigenvalue weighted by molar-refractivity contribution is 1.19. The summed E-state index contributed by atoms with van der Waals surface area (Å²) in [5, 5.41) is 3.41. The van der Waals surface area contributed by atoms with Crippen LogP contribution in [0.2, 0.25) is 4.34 Å². The van der Waals surface area contributed by atoms with E-state index < -0.39 is 0 Å². The molecule has 1 N–H and O–H groups in total. The number of anilines is 1. The molecule has 106 valence electrons. The predicted molar refractivity (Wildman–Crippen MR) is 96.2 cm³/mol. The van der Waals surface area contributed by atoms with Crippen LogP contribution in [0.5, 0.6) is 0 Å². The lowest BCUT2D eigenvalue weighted by Gasteiger charge is -2.06. The van der Waals surface area contributed by atoms with Gasteiger partial charge in [-0.2, -0.15) is 0 Å². The second-order valence-corrected chi connectivity index (χ2v) is 7.22. The molecule has 0 radical (unpaired) electrons. The molecule has 0 aliphatic rings. The number of hydrogen-bond acceptors (Lipinski definition) is 2. The van der Waals surface area contributed by atoms with Gasteiger partial charge in [-0.05, 0) is 45.3 Å². The maximum atomic E-state index is 6.04. The van der Waals surface area contributed by atoms with Crippen molar-refractivity contribution in [2.45, 2.75) is 6.54 Å². The van der Waals surface area contributed by atoms with E-state index in [0.717, 1.165) is 21.0 Å². The number of rotatable bonds is 4. The van der Waals surface area contributed by atoms with Crippen LogP contribution in [-0.4, -0.2) is 0 Å². The third-order valence-corrected chi connectivity index (χ3v) is 5.63. The average Bonchev–Trinajstić information content (AvgIpc) is 2.85. The molecule has 2 aromatic carbocycles. The van der Waals surface area contributed by atoms with E-state index in [-0.39, 0.29) is 0 Å². The van der Waals surface area contributed by atoms with Crippen molar-refractivity contribution in [2.24, 2.45) is 0 Å². The second kappa shape index (κ2) is 6.65. The van der Waals surface area contributed by atoms with Crippen molar-refractivity contribution in [3.05, 3.63) is 74.3 Å². The minimum absolute atomic E-state index is 0.778. The van der Waals surface area contributed by atoms with E-state index >= 15 is 0 Å². The Balaban J connectivity index is 1.67. The fraction of sp³-hybridized carbons (Fsp3) is 0.0588. The summed E-state index contributed by atoms with van der Waals surface area (Å²) in [4.78, 5) is 1.21. The fourth-order valence-electron chi connectivity index (χ4n) is 2.08. The molecule has 3 rings (SSSR count). The Kier molecular flexibility index (Phi) is 4.63. The smallest absolute Gasteiger partial charge is 0.107 e.